The zero-order chi connectivity index (χ0) is 20.9. The molecule has 7 nitrogen and oxygen atoms in total. The third-order valence-corrected chi connectivity index (χ3v) is 5.44. The Labute approximate surface area is 175 Å². The van der Waals surface area contributed by atoms with Crippen LogP contribution in [0.15, 0.2) is 60.9 Å². The number of nitrogens with one attached hydrogen (secondary N) is 1. The molecule has 3 aromatic rings. The molecule has 1 amide bonds. The number of likely N-dealkylation sites (tertiary alicyclic amines) is 1. The highest BCUT2D eigenvalue weighted by Crippen LogP contribution is 2.27. The maximum Gasteiger partial charge on any atom is 0.228 e. The molecule has 1 aromatic heterocycles. The number of hydrogen-bond donors (Lipinski definition) is 2. The van der Waals surface area contributed by atoms with E-state index in [0.717, 1.165) is 36.3 Å². The second-order valence-electron chi connectivity index (χ2n) is 7.56. The molecule has 2 N–H and O–H groups in total. The van der Waals surface area contributed by atoms with Crippen molar-refractivity contribution in [2.45, 2.75) is 19.4 Å². The number of ether oxygens (including phenoxy) is 1. The Hall–Kier alpha value is -3.32. The summed E-state index contributed by atoms with van der Waals surface area (Å²) in [5.41, 5.74) is 2.47. The average Bonchev–Trinajstić information content (AvgIpc) is 3.31. The normalized spacial score (nSPS) is 16.9. The van der Waals surface area contributed by atoms with Gasteiger partial charge in [-0.25, -0.2) is 4.68 Å². The molecule has 0 spiro atoms. The highest BCUT2D eigenvalue weighted by molar-refractivity contribution is 5.93. The quantitative estimate of drug-likeness (QED) is 0.656. The van der Waals surface area contributed by atoms with Gasteiger partial charge in [0.15, 0.2) is 0 Å². The summed E-state index contributed by atoms with van der Waals surface area (Å²) in [4.78, 5) is 15.1. The van der Waals surface area contributed by atoms with E-state index in [1.807, 2.05) is 42.6 Å². The molecule has 0 unspecified atom stereocenters. The van der Waals surface area contributed by atoms with Gasteiger partial charge in [-0.3, -0.25) is 9.69 Å². The topological polar surface area (TPSA) is 79.6 Å². The summed E-state index contributed by atoms with van der Waals surface area (Å²) in [6, 6.07) is 14.8. The molecule has 0 bridgehead atoms. The number of phenolic OH excluding ortho intramolecular Hbond substituents is 1. The monoisotopic (exact) mass is 406 g/mol. The van der Waals surface area contributed by atoms with Crippen molar-refractivity contribution >= 4 is 11.6 Å². The molecule has 0 aliphatic carbocycles. The number of piperidine rings is 1. The molecule has 4 rings (SSSR count). The molecule has 7 heteroatoms. The lowest BCUT2D eigenvalue weighted by Gasteiger charge is -2.32. The number of phenols is 1. The Bertz CT molecular complexity index is 1000. The number of anilines is 1. The van der Waals surface area contributed by atoms with Crippen LogP contribution in [0.25, 0.3) is 5.69 Å². The Balaban J connectivity index is 1.40. The van der Waals surface area contributed by atoms with Gasteiger partial charge >= 0.3 is 0 Å². The van der Waals surface area contributed by atoms with Crippen molar-refractivity contribution in [2.75, 3.05) is 25.5 Å². The number of carbonyl (C=O) groups is 1. The van der Waals surface area contributed by atoms with Gasteiger partial charge in [0.2, 0.25) is 5.91 Å². The second kappa shape index (κ2) is 9.00. The van der Waals surface area contributed by atoms with E-state index in [0.29, 0.717) is 18.8 Å². The Kier molecular flexibility index (Phi) is 5.99. The zero-order valence-corrected chi connectivity index (χ0v) is 17.0. The first-order valence-electron chi connectivity index (χ1n) is 10.1. The van der Waals surface area contributed by atoms with Crippen molar-refractivity contribution in [2.24, 2.45) is 5.92 Å². The molecule has 30 heavy (non-hydrogen) atoms. The van der Waals surface area contributed by atoms with Gasteiger partial charge in [0.25, 0.3) is 0 Å². The summed E-state index contributed by atoms with van der Waals surface area (Å²) in [5, 5.41) is 17.5. The standard InChI is InChI=1S/C23H26N4O3/c1-30-21-8-9-22(28)18(13-21)16-26-11-3-5-17(15-26)23(29)25-19-6-2-7-20(14-19)27-12-4-10-24-27/h2,4,6-10,12-14,17,28H,3,5,11,15-16H2,1H3,(H,25,29)/t17-/m0/s1. The first-order chi connectivity index (χ1) is 14.6. The van der Waals surface area contributed by atoms with E-state index in [1.54, 1.807) is 30.1 Å². The Morgan fingerprint density at radius 3 is 2.97 bits per heavy atom. The largest absolute Gasteiger partial charge is 0.508 e. The van der Waals surface area contributed by atoms with Crippen LogP contribution in [0.1, 0.15) is 18.4 Å². The van der Waals surface area contributed by atoms with E-state index in [1.165, 1.54) is 0 Å². The second-order valence-corrected chi connectivity index (χ2v) is 7.56. The highest BCUT2D eigenvalue weighted by Gasteiger charge is 2.26. The van der Waals surface area contributed by atoms with E-state index in [4.69, 9.17) is 4.74 Å². The van der Waals surface area contributed by atoms with Crippen LogP contribution in [0, 0.1) is 5.92 Å². The lowest BCUT2D eigenvalue weighted by Crippen LogP contribution is -2.40. The molecule has 1 aliphatic heterocycles. The van der Waals surface area contributed by atoms with Crippen LogP contribution in [-0.4, -0.2) is 45.9 Å². The van der Waals surface area contributed by atoms with Crippen LogP contribution in [0.2, 0.25) is 0 Å². The van der Waals surface area contributed by atoms with Gasteiger partial charge in [-0.2, -0.15) is 5.10 Å². The predicted octanol–water partition coefficient (Wildman–Crippen LogP) is 3.44. The van der Waals surface area contributed by atoms with E-state index in [2.05, 4.69) is 15.3 Å². The van der Waals surface area contributed by atoms with Crippen LogP contribution >= 0.6 is 0 Å². The fraction of sp³-hybridized carbons (Fsp3) is 0.304. The lowest BCUT2D eigenvalue weighted by molar-refractivity contribution is -0.121. The number of amides is 1. The van der Waals surface area contributed by atoms with Crippen molar-refractivity contribution in [3.63, 3.8) is 0 Å². The van der Waals surface area contributed by atoms with Crippen LogP contribution in [-0.2, 0) is 11.3 Å². The van der Waals surface area contributed by atoms with Gasteiger partial charge in [0.05, 0.1) is 18.7 Å². The van der Waals surface area contributed by atoms with Gasteiger partial charge < -0.3 is 15.2 Å². The molecule has 2 aromatic carbocycles. The average molecular weight is 406 g/mol. The van der Waals surface area contributed by atoms with E-state index >= 15 is 0 Å². The smallest absolute Gasteiger partial charge is 0.228 e. The summed E-state index contributed by atoms with van der Waals surface area (Å²) in [6.07, 6.45) is 5.39. The first-order valence-corrected chi connectivity index (χ1v) is 10.1. The Morgan fingerprint density at radius 2 is 2.17 bits per heavy atom. The maximum atomic E-state index is 12.9. The van der Waals surface area contributed by atoms with Crippen LogP contribution in [0.4, 0.5) is 5.69 Å². The molecule has 1 fully saturated rings. The summed E-state index contributed by atoms with van der Waals surface area (Å²) in [7, 11) is 1.61. The van der Waals surface area contributed by atoms with E-state index in [-0.39, 0.29) is 17.6 Å². The number of aromatic nitrogens is 2. The minimum absolute atomic E-state index is 0.0205. The van der Waals surface area contributed by atoms with E-state index in [9.17, 15) is 9.90 Å². The number of carbonyl (C=O) groups excluding carboxylic acids is 1. The molecule has 2 heterocycles. The summed E-state index contributed by atoms with van der Waals surface area (Å²) >= 11 is 0. The maximum absolute atomic E-state index is 12.9. The third-order valence-electron chi connectivity index (χ3n) is 5.44. The van der Waals surface area contributed by atoms with Gasteiger partial charge in [0, 0.05) is 36.7 Å². The highest BCUT2D eigenvalue weighted by atomic mass is 16.5. The molecule has 1 saturated heterocycles. The fourth-order valence-electron chi connectivity index (χ4n) is 3.86. The van der Waals surface area contributed by atoms with Crippen molar-refractivity contribution in [3.05, 3.63) is 66.5 Å². The predicted molar refractivity (Wildman–Crippen MR) is 115 cm³/mol. The number of aromatic hydroxyl groups is 1. The van der Waals surface area contributed by atoms with Gasteiger partial charge in [-0.15, -0.1) is 0 Å². The Morgan fingerprint density at radius 1 is 1.27 bits per heavy atom. The third kappa shape index (κ3) is 4.63. The van der Waals surface area contributed by atoms with Crippen LogP contribution in [0.3, 0.4) is 0 Å². The van der Waals surface area contributed by atoms with E-state index < -0.39 is 0 Å². The number of rotatable bonds is 6. The van der Waals surface area contributed by atoms with Gasteiger partial charge in [-0.05, 0) is 61.9 Å². The molecular formula is C23H26N4O3. The molecule has 1 aliphatic rings. The van der Waals surface area contributed by atoms with Crippen LogP contribution < -0.4 is 10.1 Å². The first kappa shape index (κ1) is 20.0. The summed E-state index contributed by atoms with van der Waals surface area (Å²) < 4.78 is 7.02. The fourth-order valence-corrected chi connectivity index (χ4v) is 3.86. The van der Waals surface area contributed by atoms with Crippen molar-refractivity contribution < 1.29 is 14.6 Å². The minimum atomic E-state index is -0.0974. The van der Waals surface area contributed by atoms with Crippen molar-refractivity contribution in [1.29, 1.82) is 0 Å². The number of methoxy groups -OCH3 is 1. The van der Waals surface area contributed by atoms with Gasteiger partial charge in [0.1, 0.15) is 11.5 Å². The molecule has 156 valence electrons. The number of hydrogen-bond acceptors (Lipinski definition) is 5. The van der Waals surface area contributed by atoms with Crippen LogP contribution in [0.5, 0.6) is 11.5 Å². The van der Waals surface area contributed by atoms with Gasteiger partial charge in [-0.1, -0.05) is 6.07 Å². The molecule has 1 atom stereocenters. The molecule has 0 radical (unpaired) electrons. The minimum Gasteiger partial charge on any atom is -0.508 e. The summed E-state index contributed by atoms with van der Waals surface area (Å²) in [6.45, 7) is 2.14. The van der Waals surface area contributed by atoms with Crippen molar-refractivity contribution in [3.8, 4) is 17.2 Å². The summed E-state index contributed by atoms with van der Waals surface area (Å²) in [5.74, 6) is 0.885. The SMILES string of the molecule is COc1ccc(O)c(CN2CCC[C@H](C(=O)Nc3cccc(-n4cccn4)c3)C2)c1. The number of benzene rings is 2. The molecule has 0 saturated carbocycles. The molecular weight excluding hydrogens is 380 g/mol. The van der Waals surface area contributed by atoms with Crippen molar-refractivity contribution in [1.82, 2.24) is 14.7 Å². The zero-order valence-electron chi connectivity index (χ0n) is 17.0. The lowest BCUT2D eigenvalue weighted by atomic mass is 9.96. The number of nitrogens with zero attached hydrogens (tertiary/aromatic N) is 3.